The Morgan fingerprint density at radius 3 is 2.56 bits per heavy atom. The van der Waals surface area contributed by atoms with Crippen LogP contribution in [0.4, 0.5) is 0 Å². The number of hydrogen-bond acceptors (Lipinski definition) is 3. The van der Waals surface area contributed by atoms with Crippen molar-refractivity contribution in [1.29, 1.82) is 0 Å². The molecule has 1 fully saturated rings. The van der Waals surface area contributed by atoms with Crippen LogP contribution in [0.2, 0.25) is 0 Å². The number of rotatable bonds is 5. The van der Waals surface area contributed by atoms with Gasteiger partial charge in [0, 0.05) is 31.2 Å². The Labute approximate surface area is 101 Å². The Balaban J connectivity index is 2.26. The molecule has 1 N–H and O–H groups in total. The van der Waals surface area contributed by atoms with Crippen LogP contribution in [0, 0.1) is 5.92 Å². The van der Waals surface area contributed by atoms with Crippen LogP contribution in [0.25, 0.3) is 0 Å². The molecule has 0 aromatic heterocycles. The van der Waals surface area contributed by atoms with Crippen LogP contribution >= 0.6 is 0 Å². The van der Waals surface area contributed by atoms with Gasteiger partial charge in [0.2, 0.25) is 0 Å². The molecule has 1 rings (SSSR count). The zero-order chi connectivity index (χ0) is 12.2. The molecule has 1 unspecified atom stereocenters. The van der Waals surface area contributed by atoms with Gasteiger partial charge in [-0.1, -0.05) is 13.8 Å². The molecule has 1 aliphatic heterocycles. The molecular weight excluding hydrogens is 200 g/mol. The van der Waals surface area contributed by atoms with Gasteiger partial charge in [0.05, 0.1) is 13.2 Å². The van der Waals surface area contributed by atoms with E-state index in [-0.39, 0.29) is 5.54 Å². The van der Waals surface area contributed by atoms with Gasteiger partial charge in [-0.3, -0.25) is 4.90 Å². The van der Waals surface area contributed by atoms with Crippen LogP contribution in [-0.2, 0) is 4.74 Å². The van der Waals surface area contributed by atoms with E-state index in [0.29, 0.717) is 12.0 Å². The largest absolute Gasteiger partial charge is 0.378 e. The molecule has 96 valence electrons. The van der Waals surface area contributed by atoms with Gasteiger partial charge < -0.3 is 10.1 Å². The first-order valence-corrected chi connectivity index (χ1v) is 6.49. The predicted octanol–water partition coefficient (Wildman–Crippen LogP) is 1.73. The van der Waals surface area contributed by atoms with Gasteiger partial charge in [0.25, 0.3) is 0 Å². The van der Waals surface area contributed by atoms with Gasteiger partial charge in [-0.15, -0.1) is 0 Å². The molecule has 1 atom stereocenters. The second-order valence-electron chi connectivity index (χ2n) is 5.84. The SMILES string of the molecule is CC(C)C(C)NCCN1CCOCC1(C)C. The zero-order valence-electron chi connectivity index (χ0n) is 11.5. The van der Waals surface area contributed by atoms with Crippen molar-refractivity contribution in [1.82, 2.24) is 10.2 Å². The molecule has 3 heteroatoms. The molecule has 16 heavy (non-hydrogen) atoms. The Morgan fingerprint density at radius 2 is 2.00 bits per heavy atom. The Morgan fingerprint density at radius 1 is 1.31 bits per heavy atom. The molecule has 0 aromatic carbocycles. The summed E-state index contributed by atoms with van der Waals surface area (Å²) in [5.41, 5.74) is 0.195. The molecule has 0 spiro atoms. The highest BCUT2D eigenvalue weighted by Gasteiger charge is 2.29. The summed E-state index contributed by atoms with van der Waals surface area (Å²) >= 11 is 0. The molecule has 1 saturated heterocycles. The van der Waals surface area contributed by atoms with E-state index in [1.54, 1.807) is 0 Å². The minimum atomic E-state index is 0.195. The smallest absolute Gasteiger partial charge is 0.0645 e. The standard InChI is InChI=1S/C13H28N2O/c1-11(2)12(3)14-6-7-15-8-9-16-10-13(15,4)5/h11-12,14H,6-10H2,1-5H3. The summed E-state index contributed by atoms with van der Waals surface area (Å²) in [7, 11) is 0. The number of nitrogens with zero attached hydrogens (tertiary/aromatic N) is 1. The average Bonchev–Trinajstić information content (AvgIpc) is 2.19. The first kappa shape index (κ1) is 13.9. The maximum absolute atomic E-state index is 5.52. The second-order valence-corrected chi connectivity index (χ2v) is 5.84. The van der Waals surface area contributed by atoms with Gasteiger partial charge in [-0.05, 0) is 26.7 Å². The highest BCUT2D eigenvalue weighted by atomic mass is 16.5. The summed E-state index contributed by atoms with van der Waals surface area (Å²) in [6.07, 6.45) is 0. The van der Waals surface area contributed by atoms with Gasteiger partial charge in [-0.25, -0.2) is 0 Å². The first-order chi connectivity index (χ1) is 7.43. The normalized spacial score (nSPS) is 23.6. The van der Waals surface area contributed by atoms with Crippen molar-refractivity contribution in [3.05, 3.63) is 0 Å². The van der Waals surface area contributed by atoms with E-state index in [1.165, 1.54) is 0 Å². The second kappa shape index (κ2) is 5.99. The molecule has 0 radical (unpaired) electrons. The zero-order valence-corrected chi connectivity index (χ0v) is 11.5. The van der Waals surface area contributed by atoms with Gasteiger partial charge in [0.15, 0.2) is 0 Å². The monoisotopic (exact) mass is 228 g/mol. The van der Waals surface area contributed by atoms with Crippen molar-refractivity contribution in [3.8, 4) is 0 Å². The lowest BCUT2D eigenvalue weighted by Crippen LogP contribution is -2.55. The van der Waals surface area contributed by atoms with Crippen molar-refractivity contribution in [2.75, 3.05) is 32.8 Å². The first-order valence-electron chi connectivity index (χ1n) is 6.49. The summed E-state index contributed by atoms with van der Waals surface area (Å²) in [5, 5.41) is 3.58. The molecule has 1 heterocycles. The van der Waals surface area contributed by atoms with Crippen LogP contribution in [-0.4, -0.2) is 49.3 Å². The summed E-state index contributed by atoms with van der Waals surface area (Å²) in [6.45, 7) is 16.3. The molecule has 0 saturated carbocycles. The lowest BCUT2D eigenvalue weighted by Gasteiger charge is -2.42. The number of ether oxygens (including phenoxy) is 1. The predicted molar refractivity (Wildman–Crippen MR) is 68.8 cm³/mol. The highest BCUT2D eigenvalue weighted by molar-refractivity contribution is 4.84. The topological polar surface area (TPSA) is 24.5 Å². The molecule has 1 aliphatic rings. The van der Waals surface area contributed by atoms with E-state index in [4.69, 9.17) is 4.74 Å². The van der Waals surface area contributed by atoms with Crippen LogP contribution in [0.5, 0.6) is 0 Å². The Hall–Kier alpha value is -0.120. The fraction of sp³-hybridized carbons (Fsp3) is 1.00. The lowest BCUT2D eigenvalue weighted by molar-refractivity contribution is -0.0503. The van der Waals surface area contributed by atoms with E-state index in [1.807, 2.05) is 0 Å². The summed E-state index contributed by atoms with van der Waals surface area (Å²) in [4.78, 5) is 2.52. The number of morpholine rings is 1. The third-order valence-electron chi connectivity index (χ3n) is 3.66. The van der Waals surface area contributed by atoms with E-state index < -0.39 is 0 Å². The van der Waals surface area contributed by atoms with Crippen LogP contribution in [0.15, 0.2) is 0 Å². The molecule has 0 aliphatic carbocycles. The van der Waals surface area contributed by atoms with Crippen LogP contribution in [0.1, 0.15) is 34.6 Å². The highest BCUT2D eigenvalue weighted by Crippen LogP contribution is 2.17. The van der Waals surface area contributed by atoms with Gasteiger partial charge in [0.1, 0.15) is 0 Å². The Kier molecular flexibility index (Phi) is 5.22. The number of nitrogens with one attached hydrogen (secondary N) is 1. The van der Waals surface area contributed by atoms with Crippen molar-refractivity contribution in [3.63, 3.8) is 0 Å². The van der Waals surface area contributed by atoms with Gasteiger partial charge >= 0.3 is 0 Å². The molecule has 0 aromatic rings. The minimum Gasteiger partial charge on any atom is -0.378 e. The van der Waals surface area contributed by atoms with Crippen molar-refractivity contribution < 1.29 is 4.74 Å². The van der Waals surface area contributed by atoms with Crippen LogP contribution < -0.4 is 5.32 Å². The molecule has 0 amide bonds. The maximum atomic E-state index is 5.52. The third-order valence-corrected chi connectivity index (χ3v) is 3.66. The molecule has 3 nitrogen and oxygen atoms in total. The van der Waals surface area contributed by atoms with Gasteiger partial charge in [-0.2, -0.15) is 0 Å². The fourth-order valence-corrected chi connectivity index (χ4v) is 1.97. The van der Waals surface area contributed by atoms with E-state index in [9.17, 15) is 0 Å². The maximum Gasteiger partial charge on any atom is 0.0645 e. The van der Waals surface area contributed by atoms with E-state index in [0.717, 1.165) is 32.8 Å². The molecule has 0 bridgehead atoms. The lowest BCUT2D eigenvalue weighted by atomic mass is 10.0. The third kappa shape index (κ3) is 4.04. The van der Waals surface area contributed by atoms with Crippen molar-refractivity contribution in [2.45, 2.75) is 46.2 Å². The fourth-order valence-electron chi connectivity index (χ4n) is 1.97. The quantitative estimate of drug-likeness (QED) is 0.775. The van der Waals surface area contributed by atoms with Crippen molar-refractivity contribution >= 4 is 0 Å². The molecular formula is C13H28N2O. The van der Waals surface area contributed by atoms with Crippen molar-refractivity contribution in [2.24, 2.45) is 5.92 Å². The minimum absolute atomic E-state index is 0.195. The Bertz CT molecular complexity index is 204. The van der Waals surface area contributed by atoms with E-state index >= 15 is 0 Å². The summed E-state index contributed by atoms with van der Waals surface area (Å²) in [5.74, 6) is 0.706. The van der Waals surface area contributed by atoms with Crippen LogP contribution in [0.3, 0.4) is 0 Å². The summed E-state index contributed by atoms with van der Waals surface area (Å²) < 4.78 is 5.52. The average molecular weight is 228 g/mol. The number of hydrogen-bond donors (Lipinski definition) is 1. The summed E-state index contributed by atoms with van der Waals surface area (Å²) in [6, 6.07) is 0.601. The van der Waals surface area contributed by atoms with E-state index in [2.05, 4.69) is 44.8 Å².